The van der Waals surface area contributed by atoms with Crippen molar-refractivity contribution in [2.45, 2.75) is 76.7 Å². The summed E-state index contributed by atoms with van der Waals surface area (Å²) >= 11 is 0. The molecular formula is C33H39NO6. The SMILES string of the molecule is CCOc1cccc([C@@H]2C(C(=O)OC3CCCCC3)=C(C)N=C3C[C@@H](c4ccc(OC)c(OC)c4)CC(=O)C32)c1. The van der Waals surface area contributed by atoms with Crippen molar-refractivity contribution in [1.29, 1.82) is 0 Å². The third-order valence-electron chi connectivity index (χ3n) is 8.41. The standard InChI is InChI=1S/C33H39NO6/c1-5-39-25-13-9-10-22(16-25)31-30(33(36)40-24-11-7-6-8-12-24)20(2)34-26-17-23(18-27(35)32(26)31)21-14-15-28(37-3)29(19-21)38-4/h9-10,13-16,19,23-24,31-32H,5-8,11-12,17-18H2,1-4H3/t23-,31-,32?/m1/s1. The highest BCUT2D eigenvalue weighted by atomic mass is 16.5. The van der Waals surface area contributed by atoms with Crippen LogP contribution in [-0.2, 0) is 14.3 Å². The second-order valence-electron chi connectivity index (χ2n) is 10.9. The summed E-state index contributed by atoms with van der Waals surface area (Å²) in [4.78, 5) is 32.7. The van der Waals surface area contributed by atoms with E-state index in [0.717, 1.165) is 42.5 Å². The number of nitrogens with zero attached hydrogens (tertiary/aromatic N) is 1. The number of allylic oxidation sites excluding steroid dienone is 1. The van der Waals surface area contributed by atoms with Gasteiger partial charge in [-0.15, -0.1) is 0 Å². The van der Waals surface area contributed by atoms with Gasteiger partial charge in [0, 0.05) is 23.7 Å². The lowest BCUT2D eigenvalue weighted by Crippen LogP contribution is -2.41. The van der Waals surface area contributed by atoms with Gasteiger partial charge in [0.2, 0.25) is 0 Å². The van der Waals surface area contributed by atoms with Crippen LogP contribution in [0, 0.1) is 5.92 Å². The number of benzene rings is 2. The van der Waals surface area contributed by atoms with Crippen LogP contribution in [0.5, 0.6) is 17.2 Å². The molecule has 40 heavy (non-hydrogen) atoms. The molecule has 0 radical (unpaired) electrons. The van der Waals surface area contributed by atoms with E-state index in [9.17, 15) is 9.59 Å². The van der Waals surface area contributed by atoms with Crippen molar-refractivity contribution < 1.29 is 28.5 Å². The molecule has 1 unspecified atom stereocenters. The number of ketones is 1. The summed E-state index contributed by atoms with van der Waals surface area (Å²) in [7, 11) is 3.22. The Morgan fingerprint density at radius 3 is 2.42 bits per heavy atom. The minimum Gasteiger partial charge on any atom is -0.494 e. The van der Waals surface area contributed by atoms with E-state index in [1.165, 1.54) is 6.42 Å². The Hall–Kier alpha value is -3.61. The highest BCUT2D eigenvalue weighted by Crippen LogP contribution is 2.47. The molecular weight excluding hydrogens is 506 g/mol. The second kappa shape index (κ2) is 12.3. The minimum absolute atomic E-state index is 0.0405. The molecule has 3 aliphatic rings. The minimum atomic E-state index is -0.522. The Morgan fingerprint density at radius 2 is 1.70 bits per heavy atom. The zero-order valence-corrected chi connectivity index (χ0v) is 23.9. The first-order chi connectivity index (χ1) is 19.4. The van der Waals surface area contributed by atoms with Crippen LogP contribution < -0.4 is 14.2 Å². The van der Waals surface area contributed by atoms with E-state index in [2.05, 4.69) is 0 Å². The summed E-state index contributed by atoms with van der Waals surface area (Å²) in [6.45, 7) is 4.33. The van der Waals surface area contributed by atoms with E-state index in [4.69, 9.17) is 23.9 Å². The number of methoxy groups -OCH3 is 2. The molecule has 1 heterocycles. The molecule has 2 fully saturated rings. The predicted molar refractivity (Wildman–Crippen MR) is 153 cm³/mol. The van der Waals surface area contributed by atoms with Crippen molar-refractivity contribution in [3.63, 3.8) is 0 Å². The molecule has 0 N–H and O–H groups in total. The lowest BCUT2D eigenvalue weighted by molar-refractivity contribution is -0.146. The van der Waals surface area contributed by atoms with Gasteiger partial charge in [-0.05, 0) is 87.3 Å². The molecule has 1 aliphatic heterocycles. The van der Waals surface area contributed by atoms with Gasteiger partial charge in [0.15, 0.2) is 11.5 Å². The summed E-state index contributed by atoms with van der Waals surface area (Å²) in [5, 5.41) is 0. The predicted octanol–water partition coefficient (Wildman–Crippen LogP) is 6.55. The fraction of sp³-hybridized carbons (Fsp3) is 0.485. The molecule has 7 heteroatoms. The number of hydrogen-bond donors (Lipinski definition) is 0. The first-order valence-electron chi connectivity index (χ1n) is 14.4. The Kier molecular flexibility index (Phi) is 8.57. The highest BCUT2D eigenvalue weighted by molar-refractivity contribution is 6.12. The normalized spacial score (nSPS) is 23.2. The average molecular weight is 546 g/mol. The number of esters is 1. The third kappa shape index (κ3) is 5.65. The van der Waals surface area contributed by atoms with Gasteiger partial charge in [0.25, 0.3) is 0 Å². The van der Waals surface area contributed by atoms with Crippen LogP contribution in [0.1, 0.15) is 81.8 Å². The van der Waals surface area contributed by atoms with Gasteiger partial charge >= 0.3 is 5.97 Å². The lowest BCUT2D eigenvalue weighted by atomic mass is 9.66. The Balaban J connectivity index is 1.53. The number of fused-ring (bicyclic) bond motifs is 1. The van der Waals surface area contributed by atoms with Gasteiger partial charge in [-0.1, -0.05) is 24.6 Å². The van der Waals surface area contributed by atoms with Crippen molar-refractivity contribution in [3.8, 4) is 17.2 Å². The number of ether oxygens (including phenoxy) is 4. The number of Topliss-reactive ketones (excluding diaryl/α,β-unsaturated/α-hetero) is 1. The van der Waals surface area contributed by atoms with Crippen LogP contribution in [0.15, 0.2) is 58.7 Å². The molecule has 2 aromatic carbocycles. The van der Waals surface area contributed by atoms with Gasteiger partial charge in [-0.2, -0.15) is 0 Å². The Bertz CT molecular complexity index is 1320. The van der Waals surface area contributed by atoms with E-state index >= 15 is 0 Å². The number of carbonyl (C=O) groups excluding carboxylic acids is 2. The molecule has 2 saturated carbocycles. The molecule has 0 aromatic heterocycles. The molecule has 7 nitrogen and oxygen atoms in total. The lowest BCUT2D eigenvalue weighted by Gasteiger charge is -2.38. The topological polar surface area (TPSA) is 83.4 Å². The van der Waals surface area contributed by atoms with Crippen LogP contribution in [0.2, 0.25) is 0 Å². The zero-order chi connectivity index (χ0) is 28.2. The Labute approximate surface area is 236 Å². The van der Waals surface area contributed by atoms with E-state index in [-0.39, 0.29) is 23.8 Å². The molecule has 0 bridgehead atoms. The molecule has 0 saturated heterocycles. The van der Waals surface area contributed by atoms with Gasteiger partial charge in [-0.25, -0.2) is 4.79 Å². The molecule has 2 aromatic rings. The van der Waals surface area contributed by atoms with Crippen LogP contribution >= 0.6 is 0 Å². The first-order valence-corrected chi connectivity index (χ1v) is 14.4. The molecule has 0 spiro atoms. The molecule has 2 aliphatic carbocycles. The maximum Gasteiger partial charge on any atom is 0.336 e. The highest BCUT2D eigenvalue weighted by Gasteiger charge is 2.46. The number of aliphatic imine (C=N–C) groups is 1. The Morgan fingerprint density at radius 1 is 0.925 bits per heavy atom. The maximum absolute atomic E-state index is 14.0. The van der Waals surface area contributed by atoms with Crippen LogP contribution in [0.3, 0.4) is 0 Å². The summed E-state index contributed by atoms with van der Waals surface area (Å²) in [6.07, 6.45) is 5.96. The van der Waals surface area contributed by atoms with Crippen molar-refractivity contribution in [2.24, 2.45) is 10.9 Å². The van der Waals surface area contributed by atoms with Gasteiger partial charge < -0.3 is 18.9 Å². The largest absolute Gasteiger partial charge is 0.494 e. The van der Waals surface area contributed by atoms with E-state index in [1.807, 2.05) is 56.3 Å². The average Bonchev–Trinajstić information content (AvgIpc) is 2.96. The summed E-state index contributed by atoms with van der Waals surface area (Å²) in [5.74, 6) is 0.689. The number of carbonyl (C=O) groups is 2. The summed E-state index contributed by atoms with van der Waals surface area (Å²) in [6, 6.07) is 13.6. The second-order valence-corrected chi connectivity index (χ2v) is 10.9. The maximum atomic E-state index is 14.0. The molecule has 5 rings (SSSR count). The quantitative estimate of drug-likeness (QED) is 0.350. The number of rotatable bonds is 8. The summed E-state index contributed by atoms with van der Waals surface area (Å²) in [5.41, 5.74) is 3.81. The van der Waals surface area contributed by atoms with E-state index in [0.29, 0.717) is 48.0 Å². The van der Waals surface area contributed by atoms with Crippen molar-refractivity contribution in [2.75, 3.05) is 20.8 Å². The van der Waals surface area contributed by atoms with Crippen molar-refractivity contribution in [3.05, 3.63) is 64.9 Å². The summed E-state index contributed by atoms with van der Waals surface area (Å²) < 4.78 is 22.8. The van der Waals surface area contributed by atoms with Crippen LogP contribution in [0.4, 0.5) is 0 Å². The zero-order valence-electron chi connectivity index (χ0n) is 23.9. The molecule has 3 atom stereocenters. The third-order valence-corrected chi connectivity index (χ3v) is 8.41. The first kappa shape index (κ1) is 27.9. The van der Waals surface area contributed by atoms with Crippen LogP contribution in [0.25, 0.3) is 0 Å². The van der Waals surface area contributed by atoms with E-state index < -0.39 is 11.8 Å². The fourth-order valence-corrected chi connectivity index (χ4v) is 6.51. The van der Waals surface area contributed by atoms with Crippen LogP contribution in [-0.4, -0.2) is 44.4 Å². The van der Waals surface area contributed by atoms with Gasteiger partial charge in [-0.3, -0.25) is 9.79 Å². The van der Waals surface area contributed by atoms with E-state index in [1.54, 1.807) is 14.2 Å². The fourth-order valence-electron chi connectivity index (χ4n) is 6.51. The monoisotopic (exact) mass is 545 g/mol. The van der Waals surface area contributed by atoms with Gasteiger partial charge in [0.1, 0.15) is 17.6 Å². The molecule has 0 amide bonds. The van der Waals surface area contributed by atoms with Crippen molar-refractivity contribution in [1.82, 2.24) is 0 Å². The van der Waals surface area contributed by atoms with Gasteiger partial charge in [0.05, 0.1) is 32.3 Å². The number of hydrogen-bond acceptors (Lipinski definition) is 7. The molecule has 212 valence electrons. The van der Waals surface area contributed by atoms with Crippen molar-refractivity contribution >= 4 is 17.5 Å². The smallest absolute Gasteiger partial charge is 0.336 e.